The SMILES string of the molecule is COc1ccc(CNC(=S)N[C@@H](C)c2ccccc2Cl)cc1. The second-order valence-electron chi connectivity index (χ2n) is 4.92. The predicted octanol–water partition coefficient (Wildman–Crippen LogP) is 4.07. The Bertz CT molecular complexity index is 631. The van der Waals surface area contributed by atoms with Gasteiger partial charge in [0.1, 0.15) is 5.75 Å². The molecule has 22 heavy (non-hydrogen) atoms. The van der Waals surface area contributed by atoms with Crippen molar-refractivity contribution in [2.24, 2.45) is 0 Å². The van der Waals surface area contributed by atoms with E-state index in [1.54, 1.807) is 7.11 Å². The van der Waals surface area contributed by atoms with Gasteiger partial charge in [-0.15, -0.1) is 0 Å². The molecule has 0 aromatic heterocycles. The summed E-state index contributed by atoms with van der Waals surface area (Å²) in [6.07, 6.45) is 0. The first-order valence-corrected chi connectivity index (χ1v) is 7.80. The third-order valence-electron chi connectivity index (χ3n) is 3.33. The second kappa shape index (κ2) is 8.01. The monoisotopic (exact) mass is 334 g/mol. The molecule has 0 bridgehead atoms. The van der Waals surface area contributed by atoms with E-state index in [1.165, 1.54) is 0 Å². The zero-order valence-electron chi connectivity index (χ0n) is 12.6. The first-order chi connectivity index (χ1) is 10.6. The number of rotatable bonds is 5. The molecular formula is C17H19ClN2OS. The smallest absolute Gasteiger partial charge is 0.167 e. The van der Waals surface area contributed by atoms with Gasteiger partial charge in [0.05, 0.1) is 13.2 Å². The van der Waals surface area contributed by atoms with E-state index in [2.05, 4.69) is 10.6 Å². The van der Waals surface area contributed by atoms with Crippen molar-refractivity contribution in [3.63, 3.8) is 0 Å². The lowest BCUT2D eigenvalue weighted by molar-refractivity contribution is 0.414. The minimum Gasteiger partial charge on any atom is -0.497 e. The Balaban J connectivity index is 1.86. The summed E-state index contributed by atoms with van der Waals surface area (Å²) in [7, 11) is 1.66. The van der Waals surface area contributed by atoms with Gasteiger partial charge in [0, 0.05) is 11.6 Å². The van der Waals surface area contributed by atoms with Crippen LogP contribution < -0.4 is 15.4 Å². The fourth-order valence-electron chi connectivity index (χ4n) is 2.08. The first-order valence-electron chi connectivity index (χ1n) is 7.02. The third-order valence-corrected chi connectivity index (χ3v) is 3.94. The molecule has 2 aromatic carbocycles. The topological polar surface area (TPSA) is 33.3 Å². The summed E-state index contributed by atoms with van der Waals surface area (Å²) in [6, 6.07) is 15.7. The molecule has 2 aromatic rings. The van der Waals surface area contributed by atoms with E-state index in [9.17, 15) is 0 Å². The van der Waals surface area contributed by atoms with Crippen LogP contribution in [0.3, 0.4) is 0 Å². The molecule has 2 N–H and O–H groups in total. The van der Waals surface area contributed by atoms with Crippen LogP contribution in [-0.2, 0) is 6.54 Å². The average Bonchev–Trinajstić information content (AvgIpc) is 2.53. The summed E-state index contributed by atoms with van der Waals surface area (Å²) in [5.74, 6) is 0.844. The molecule has 0 aliphatic carbocycles. The summed E-state index contributed by atoms with van der Waals surface area (Å²) >= 11 is 11.5. The number of benzene rings is 2. The summed E-state index contributed by atoms with van der Waals surface area (Å²) in [6.45, 7) is 2.69. The van der Waals surface area contributed by atoms with Crippen molar-refractivity contribution < 1.29 is 4.74 Å². The van der Waals surface area contributed by atoms with Gasteiger partial charge in [-0.05, 0) is 48.5 Å². The van der Waals surface area contributed by atoms with Crippen molar-refractivity contribution in [1.82, 2.24) is 10.6 Å². The van der Waals surface area contributed by atoms with Crippen molar-refractivity contribution in [1.29, 1.82) is 0 Å². The van der Waals surface area contributed by atoms with Crippen LogP contribution >= 0.6 is 23.8 Å². The largest absolute Gasteiger partial charge is 0.497 e. The zero-order valence-corrected chi connectivity index (χ0v) is 14.2. The van der Waals surface area contributed by atoms with E-state index in [0.29, 0.717) is 11.7 Å². The maximum absolute atomic E-state index is 6.19. The highest BCUT2D eigenvalue weighted by Crippen LogP contribution is 2.21. The Morgan fingerprint density at radius 2 is 1.86 bits per heavy atom. The normalized spacial score (nSPS) is 11.6. The lowest BCUT2D eigenvalue weighted by Crippen LogP contribution is -2.36. The van der Waals surface area contributed by atoms with Crippen molar-refractivity contribution in [3.8, 4) is 5.75 Å². The van der Waals surface area contributed by atoms with E-state index in [4.69, 9.17) is 28.6 Å². The van der Waals surface area contributed by atoms with Gasteiger partial charge in [-0.2, -0.15) is 0 Å². The van der Waals surface area contributed by atoms with E-state index in [-0.39, 0.29) is 6.04 Å². The summed E-state index contributed by atoms with van der Waals surface area (Å²) in [5, 5.41) is 7.77. The zero-order chi connectivity index (χ0) is 15.9. The molecule has 0 saturated heterocycles. The maximum Gasteiger partial charge on any atom is 0.167 e. The van der Waals surface area contributed by atoms with Gasteiger partial charge < -0.3 is 15.4 Å². The molecule has 0 heterocycles. The Morgan fingerprint density at radius 3 is 2.50 bits per heavy atom. The Kier molecular flexibility index (Phi) is 6.04. The minimum atomic E-state index is 0.0459. The highest BCUT2D eigenvalue weighted by atomic mass is 35.5. The number of methoxy groups -OCH3 is 1. The summed E-state index contributed by atoms with van der Waals surface area (Å²) in [4.78, 5) is 0. The molecule has 116 valence electrons. The Hall–Kier alpha value is -1.78. The molecule has 3 nitrogen and oxygen atoms in total. The number of thiocarbonyl (C=S) groups is 1. The number of halogens is 1. The average molecular weight is 335 g/mol. The molecule has 0 aliphatic rings. The number of hydrogen-bond donors (Lipinski definition) is 2. The van der Waals surface area contributed by atoms with Crippen LogP contribution in [0.5, 0.6) is 5.75 Å². The van der Waals surface area contributed by atoms with E-state index in [0.717, 1.165) is 21.9 Å². The molecule has 5 heteroatoms. The molecule has 0 saturated carbocycles. The quantitative estimate of drug-likeness (QED) is 0.807. The number of nitrogens with one attached hydrogen (secondary N) is 2. The number of hydrogen-bond acceptors (Lipinski definition) is 2. The van der Waals surface area contributed by atoms with Crippen LogP contribution in [-0.4, -0.2) is 12.2 Å². The van der Waals surface area contributed by atoms with Gasteiger partial charge in [-0.3, -0.25) is 0 Å². The molecule has 0 unspecified atom stereocenters. The Morgan fingerprint density at radius 1 is 1.18 bits per heavy atom. The van der Waals surface area contributed by atoms with Crippen LogP contribution in [0.1, 0.15) is 24.1 Å². The highest BCUT2D eigenvalue weighted by Gasteiger charge is 2.09. The lowest BCUT2D eigenvalue weighted by atomic mass is 10.1. The predicted molar refractivity (Wildman–Crippen MR) is 95.4 cm³/mol. The lowest BCUT2D eigenvalue weighted by Gasteiger charge is -2.18. The van der Waals surface area contributed by atoms with Gasteiger partial charge in [-0.1, -0.05) is 41.9 Å². The highest BCUT2D eigenvalue weighted by molar-refractivity contribution is 7.80. The maximum atomic E-state index is 6.19. The van der Waals surface area contributed by atoms with Crippen LogP contribution in [0.25, 0.3) is 0 Å². The van der Waals surface area contributed by atoms with Gasteiger partial charge in [-0.25, -0.2) is 0 Å². The van der Waals surface area contributed by atoms with Crippen LogP contribution in [0.2, 0.25) is 5.02 Å². The standard InChI is InChI=1S/C17H19ClN2OS/c1-12(15-5-3-4-6-16(15)18)20-17(22)19-11-13-7-9-14(21-2)10-8-13/h3-10,12H,11H2,1-2H3,(H2,19,20,22)/t12-/m0/s1. The Labute approximate surface area is 141 Å². The molecule has 0 aliphatic heterocycles. The molecule has 2 rings (SSSR count). The van der Waals surface area contributed by atoms with Gasteiger partial charge in [0.2, 0.25) is 0 Å². The second-order valence-corrected chi connectivity index (χ2v) is 5.73. The van der Waals surface area contributed by atoms with Crippen LogP contribution in [0.4, 0.5) is 0 Å². The fourth-order valence-corrected chi connectivity index (χ4v) is 2.63. The summed E-state index contributed by atoms with van der Waals surface area (Å²) < 4.78 is 5.14. The van der Waals surface area contributed by atoms with Gasteiger partial charge >= 0.3 is 0 Å². The van der Waals surface area contributed by atoms with Crippen LogP contribution in [0, 0.1) is 0 Å². The van der Waals surface area contributed by atoms with E-state index < -0.39 is 0 Å². The fraction of sp³-hybridized carbons (Fsp3) is 0.235. The molecule has 0 amide bonds. The van der Waals surface area contributed by atoms with Crippen molar-refractivity contribution in [2.75, 3.05) is 7.11 Å². The van der Waals surface area contributed by atoms with Crippen molar-refractivity contribution in [2.45, 2.75) is 19.5 Å². The van der Waals surface area contributed by atoms with E-state index in [1.807, 2.05) is 55.5 Å². The molecular weight excluding hydrogens is 316 g/mol. The van der Waals surface area contributed by atoms with E-state index >= 15 is 0 Å². The minimum absolute atomic E-state index is 0.0459. The van der Waals surface area contributed by atoms with Gasteiger partial charge in [0.25, 0.3) is 0 Å². The molecule has 1 atom stereocenters. The van der Waals surface area contributed by atoms with Gasteiger partial charge in [0.15, 0.2) is 5.11 Å². The number of ether oxygens (including phenoxy) is 1. The molecule has 0 radical (unpaired) electrons. The summed E-state index contributed by atoms with van der Waals surface area (Å²) in [5.41, 5.74) is 2.16. The van der Waals surface area contributed by atoms with Crippen molar-refractivity contribution in [3.05, 3.63) is 64.7 Å². The molecule has 0 spiro atoms. The van der Waals surface area contributed by atoms with Crippen molar-refractivity contribution >= 4 is 28.9 Å². The first kappa shape index (κ1) is 16.6. The van der Waals surface area contributed by atoms with Crippen LogP contribution in [0.15, 0.2) is 48.5 Å². The molecule has 0 fully saturated rings. The third kappa shape index (κ3) is 4.61.